The van der Waals surface area contributed by atoms with Gasteiger partial charge in [0.1, 0.15) is 23.6 Å². The number of pyridine rings is 1. The second kappa shape index (κ2) is 8.60. The molecule has 3 aliphatic carbocycles. The molecule has 2 bridgehead atoms. The molecule has 2 aromatic heterocycles. The number of fused-ring (bicyclic) bond motifs is 5. The van der Waals surface area contributed by atoms with Gasteiger partial charge in [0, 0.05) is 30.9 Å². The van der Waals surface area contributed by atoms with Crippen LogP contribution in [0.4, 0.5) is 10.2 Å². The summed E-state index contributed by atoms with van der Waals surface area (Å²) in [7, 11) is 2.14. The number of hydrogen-bond donors (Lipinski definition) is 0. The maximum Gasteiger partial charge on any atom is 0.319 e. The van der Waals surface area contributed by atoms with Gasteiger partial charge in [-0.15, -0.1) is 0 Å². The van der Waals surface area contributed by atoms with Crippen LogP contribution in [0.5, 0.6) is 6.01 Å². The van der Waals surface area contributed by atoms with Crippen molar-refractivity contribution in [3.8, 4) is 17.3 Å². The average Bonchev–Trinajstić information content (AvgIpc) is 3.27. The molecular formula is C31H36FN5O. The van der Waals surface area contributed by atoms with Crippen molar-refractivity contribution in [1.82, 2.24) is 19.9 Å². The summed E-state index contributed by atoms with van der Waals surface area (Å²) in [5, 5.41) is 0.701. The Hall–Kier alpha value is -2.80. The topological polar surface area (TPSA) is 54.4 Å². The molecule has 2 aliphatic heterocycles. The molecule has 198 valence electrons. The number of halogens is 1. The minimum absolute atomic E-state index is 0.237. The lowest BCUT2D eigenvalue weighted by Crippen LogP contribution is -2.37. The highest BCUT2D eigenvalue weighted by Gasteiger charge is 2.50. The van der Waals surface area contributed by atoms with E-state index in [0.29, 0.717) is 47.1 Å². The molecule has 6 nitrogen and oxygen atoms in total. The van der Waals surface area contributed by atoms with E-state index in [1.54, 1.807) is 0 Å². The number of rotatable bonds is 5. The summed E-state index contributed by atoms with van der Waals surface area (Å²) in [4.78, 5) is 19.1. The van der Waals surface area contributed by atoms with Crippen molar-refractivity contribution in [2.75, 3.05) is 38.2 Å². The Morgan fingerprint density at radius 2 is 1.92 bits per heavy atom. The van der Waals surface area contributed by atoms with E-state index in [9.17, 15) is 0 Å². The van der Waals surface area contributed by atoms with Crippen LogP contribution in [0.2, 0.25) is 0 Å². The Morgan fingerprint density at radius 3 is 2.68 bits per heavy atom. The summed E-state index contributed by atoms with van der Waals surface area (Å²) in [6.07, 6.45) is 12.6. The molecular weight excluding hydrogens is 477 g/mol. The molecule has 2 saturated carbocycles. The van der Waals surface area contributed by atoms with Crippen molar-refractivity contribution in [2.45, 2.75) is 69.2 Å². The first-order valence-corrected chi connectivity index (χ1v) is 14.6. The first-order valence-electron chi connectivity index (χ1n) is 14.6. The summed E-state index contributed by atoms with van der Waals surface area (Å²) in [6, 6.07) is 6.96. The zero-order chi connectivity index (χ0) is 25.4. The number of piperidine rings is 1. The van der Waals surface area contributed by atoms with Crippen LogP contribution in [0.1, 0.15) is 62.5 Å². The molecule has 4 fully saturated rings. The first-order chi connectivity index (χ1) is 18.6. The van der Waals surface area contributed by atoms with Crippen LogP contribution >= 0.6 is 0 Å². The largest absolute Gasteiger partial charge is 0.462 e. The van der Waals surface area contributed by atoms with Crippen molar-refractivity contribution in [2.24, 2.45) is 11.8 Å². The van der Waals surface area contributed by atoms with Gasteiger partial charge in [-0.1, -0.05) is 18.2 Å². The molecule has 2 unspecified atom stereocenters. The Bertz CT molecular complexity index is 1410. The monoisotopic (exact) mass is 513 g/mol. The standard InChI is InChI=1S/C31H36FN5O/c1-36-13-3-5-22(36)18-38-30-34-28-24(29(35-30)37-16-19-7-8-20(14-19)17-37)15-33-27(26(28)32)23-6-2-4-21-9-10-31(11-12-31)25(21)23/h2,4,6,15,19-20,22H,3,5,7-14,16-18H2,1H3/t19?,20?,22-/m0/s1. The third-order valence-corrected chi connectivity index (χ3v) is 10.3. The number of ether oxygens (including phenoxy) is 1. The summed E-state index contributed by atoms with van der Waals surface area (Å²) in [5.41, 5.74) is 4.63. The number of aryl methyl sites for hydroxylation is 1. The average molecular weight is 514 g/mol. The highest BCUT2D eigenvalue weighted by atomic mass is 19.1. The zero-order valence-corrected chi connectivity index (χ0v) is 22.3. The van der Waals surface area contributed by atoms with E-state index < -0.39 is 0 Å². The van der Waals surface area contributed by atoms with Gasteiger partial charge >= 0.3 is 6.01 Å². The van der Waals surface area contributed by atoms with Gasteiger partial charge in [0.2, 0.25) is 0 Å². The normalized spacial score (nSPS) is 27.4. The Kier molecular flexibility index (Phi) is 5.23. The van der Waals surface area contributed by atoms with Gasteiger partial charge in [-0.25, -0.2) is 4.39 Å². The first kappa shape index (κ1) is 23.1. The molecule has 1 spiro atoms. The number of hydrogen-bond acceptors (Lipinski definition) is 6. The van der Waals surface area contributed by atoms with Gasteiger partial charge in [-0.3, -0.25) is 4.98 Å². The Morgan fingerprint density at radius 1 is 1.08 bits per heavy atom. The summed E-state index contributed by atoms with van der Waals surface area (Å²) >= 11 is 0. The van der Waals surface area contributed by atoms with E-state index in [1.807, 2.05) is 6.20 Å². The van der Waals surface area contributed by atoms with Gasteiger partial charge in [0.05, 0.1) is 5.39 Å². The molecule has 8 rings (SSSR count). The van der Waals surface area contributed by atoms with Crippen LogP contribution in [0.15, 0.2) is 24.4 Å². The van der Waals surface area contributed by atoms with Crippen LogP contribution in [0, 0.1) is 17.7 Å². The highest BCUT2D eigenvalue weighted by molar-refractivity contribution is 5.92. The highest BCUT2D eigenvalue weighted by Crippen LogP contribution is 2.59. The fourth-order valence-electron chi connectivity index (χ4n) is 8.04. The molecule has 0 radical (unpaired) electrons. The van der Waals surface area contributed by atoms with Crippen molar-refractivity contribution in [3.63, 3.8) is 0 Å². The number of likely N-dealkylation sites (N-methyl/N-ethyl adjacent to an activating group) is 1. The van der Waals surface area contributed by atoms with Crippen molar-refractivity contribution in [3.05, 3.63) is 41.3 Å². The zero-order valence-electron chi connectivity index (χ0n) is 22.3. The minimum Gasteiger partial charge on any atom is -0.462 e. The minimum atomic E-state index is -0.343. The predicted octanol–water partition coefficient (Wildman–Crippen LogP) is 5.52. The molecule has 3 atom stereocenters. The molecule has 0 N–H and O–H groups in total. The van der Waals surface area contributed by atoms with Gasteiger partial charge < -0.3 is 14.5 Å². The molecule has 5 aliphatic rings. The molecule has 38 heavy (non-hydrogen) atoms. The molecule has 1 aromatic carbocycles. The number of benzene rings is 1. The Balaban J connectivity index is 1.24. The van der Waals surface area contributed by atoms with Gasteiger partial charge in [-0.05, 0) is 99.8 Å². The summed E-state index contributed by atoms with van der Waals surface area (Å²) in [6.45, 7) is 3.54. The number of nitrogens with zero attached hydrogens (tertiary/aromatic N) is 5. The van der Waals surface area contributed by atoms with E-state index in [4.69, 9.17) is 19.7 Å². The summed E-state index contributed by atoms with van der Waals surface area (Å²) in [5.74, 6) is 1.82. The van der Waals surface area contributed by atoms with Crippen molar-refractivity contribution in [1.29, 1.82) is 0 Å². The second-order valence-corrected chi connectivity index (χ2v) is 12.7. The SMILES string of the molecule is CN1CCC[C@H]1COc1nc(N2CC3CCC(C3)C2)c2cnc(-c3cccc4c3C3(CC4)CC3)c(F)c2n1. The molecule has 3 aromatic rings. The van der Waals surface area contributed by atoms with Crippen LogP contribution in [0.3, 0.4) is 0 Å². The fourth-order valence-corrected chi connectivity index (χ4v) is 8.04. The fraction of sp³-hybridized carbons (Fsp3) is 0.581. The molecule has 2 saturated heterocycles. The number of aromatic nitrogens is 3. The van der Waals surface area contributed by atoms with Crippen LogP contribution in [0.25, 0.3) is 22.2 Å². The van der Waals surface area contributed by atoms with Crippen LogP contribution in [-0.2, 0) is 11.8 Å². The van der Waals surface area contributed by atoms with Gasteiger partial charge in [-0.2, -0.15) is 9.97 Å². The Labute approximate surface area is 223 Å². The quantitative estimate of drug-likeness (QED) is 0.448. The van der Waals surface area contributed by atoms with E-state index in [-0.39, 0.29) is 11.2 Å². The van der Waals surface area contributed by atoms with Crippen molar-refractivity contribution >= 4 is 16.7 Å². The van der Waals surface area contributed by atoms with E-state index in [0.717, 1.165) is 43.9 Å². The van der Waals surface area contributed by atoms with E-state index >= 15 is 4.39 Å². The van der Waals surface area contributed by atoms with Crippen LogP contribution < -0.4 is 9.64 Å². The van der Waals surface area contributed by atoms with E-state index in [2.05, 4.69) is 35.0 Å². The van der Waals surface area contributed by atoms with E-state index in [1.165, 1.54) is 56.1 Å². The molecule has 4 heterocycles. The smallest absolute Gasteiger partial charge is 0.319 e. The van der Waals surface area contributed by atoms with Gasteiger partial charge in [0.25, 0.3) is 0 Å². The lowest BCUT2D eigenvalue weighted by atomic mass is 9.91. The molecule has 0 amide bonds. The lowest BCUT2D eigenvalue weighted by molar-refractivity contribution is 0.188. The third kappa shape index (κ3) is 3.64. The second-order valence-electron chi connectivity index (χ2n) is 12.7. The number of anilines is 1. The molecule has 7 heteroatoms. The van der Waals surface area contributed by atoms with Crippen LogP contribution in [-0.4, -0.2) is 59.2 Å². The number of likely N-dealkylation sites (tertiary alicyclic amines) is 1. The van der Waals surface area contributed by atoms with Crippen molar-refractivity contribution < 1.29 is 9.13 Å². The predicted molar refractivity (Wildman–Crippen MR) is 146 cm³/mol. The summed E-state index contributed by atoms with van der Waals surface area (Å²) < 4.78 is 22.8. The van der Waals surface area contributed by atoms with Gasteiger partial charge in [0.15, 0.2) is 5.82 Å². The maximum absolute atomic E-state index is 16.6. The maximum atomic E-state index is 16.6. The third-order valence-electron chi connectivity index (χ3n) is 10.3. The lowest BCUT2D eigenvalue weighted by Gasteiger charge is -2.33.